The van der Waals surface area contributed by atoms with Crippen LogP contribution in [-0.4, -0.2) is 10.9 Å². The molecule has 0 atom stereocenters. The maximum atomic E-state index is 13.1. The molecule has 2 aromatic carbocycles. The number of nitrogens with one attached hydrogen (secondary N) is 1. The third-order valence-electron chi connectivity index (χ3n) is 4.56. The van der Waals surface area contributed by atoms with Gasteiger partial charge in [0.2, 0.25) is 0 Å². The van der Waals surface area contributed by atoms with E-state index in [1.165, 1.54) is 29.5 Å². The molecule has 4 aromatic rings. The van der Waals surface area contributed by atoms with Gasteiger partial charge in [-0.25, -0.2) is 9.37 Å². The molecule has 33 heavy (non-hydrogen) atoms. The van der Waals surface area contributed by atoms with E-state index in [2.05, 4.69) is 10.3 Å². The lowest BCUT2D eigenvalue weighted by Gasteiger charge is -2.02. The first kappa shape index (κ1) is 22.7. The molecular formula is C24H14Cl2FN3O2S. The molecule has 9 heteroatoms. The fourth-order valence-electron chi connectivity index (χ4n) is 2.95. The van der Waals surface area contributed by atoms with E-state index in [1.54, 1.807) is 42.6 Å². The predicted molar refractivity (Wildman–Crippen MR) is 128 cm³/mol. The highest BCUT2D eigenvalue weighted by Crippen LogP contribution is 2.27. The van der Waals surface area contributed by atoms with E-state index in [9.17, 15) is 14.4 Å². The summed E-state index contributed by atoms with van der Waals surface area (Å²) in [7, 11) is 0. The molecule has 164 valence electrons. The highest BCUT2D eigenvalue weighted by Gasteiger charge is 2.14. The summed E-state index contributed by atoms with van der Waals surface area (Å²) in [5, 5.41) is 13.5. The zero-order valence-corrected chi connectivity index (χ0v) is 19.1. The molecule has 2 aromatic heterocycles. The molecule has 0 saturated heterocycles. The SMILES string of the molecule is N#C/C(=C/c1ccc(-c2ccc(F)cc2)o1)C(=O)Nc1ncc(Cc2ccc(Cl)cc2Cl)s1. The van der Waals surface area contributed by atoms with Crippen LogP contribution in [-0.2, 0) is 11.2 Å². The van der Waals surface area contributed by atoms with E-state index in [-0.39, 0.29) is 11.4 Å². The molecule has 1 N–H and O–H groups in total. The van der Waals surface area contributed by atoms with Crippen molar-refractivity contribution in [2.75, 3.05) is 5.32 Å². The quantitative estimate of drug-likeness (QED) is 0.230. The van der Waals surface area contributed by atoms with Gasteiger partial charge in [-0.05, 0) is 54.1 Å². The number of aromatic nitrogens is 1. The number of halogens is 3. The molecule has 0 spiro atoms. The number of rotatable bonds is 6. The normalized spacial score (nSPS) is 11.3. The maximum absolute atomic E-state index is 13.1. The fraction of sp³-hybridized carbons (Fsp3) is 0.0417. The van der Waals surface area contributed by atoms with Crippen LogP contribution in [0.4, 0.5) is 9.52 Å². The summed E-state index contributed by atoms with van der Waals surface area (Å²) in [6.45, 7) is 0. The number of amides is 1. The van der Waals surface area contributed by atoms with Crippen molar-refractivity contribution in [3.63, 3.8) is 0 Å². The van der Waals surface area contributed by atoms with E-state index in [0.717, 1.165) is 10.4 Å². The van der Waals surface area contributed by atoms with Crippen molar-refractivity contribution in [3.05, 3.63) is 98.4 Å². The van der Waals surface area contributed by atoms with Crippen LogP contribution in [0.15, 0.2) is 70.8 Å². The number of anilines is 1. The van der Waals surface area contributed by atoms with E-state index in [0.29, 0.717) is 38.7 Å². The number of furan rings is 1. The second kappa shape index (κ2) is 10.0. The zero-order valence-electron chi connectivity index (χ0n) is 16.8. The Morgan fingerprint density at radius 2 is 1.97 bits per heavy atom. The number of thiazole rings is 1. The van der Waals surface area contributed by atoms with E-state index >= 15 is 0 Å². The van der Waals surface area contributed by atoms with Gasteiger partial charge < -0.3 is 4.42 Å². The van der Waals surface area contributed by atoms with Gasteiger partial charge >= 0.3 is 0 Å². The van der Waals surface area contributed by atoms with Gasteiger partial charge in [-0.2, -0.15) is 5.26 Å². The van der Waals surface area contributed by atoms with Crippen molar-refractivity contribution in [3.8, 4) is 17.4 Å². The largest absolute Gasteiger partial charge is 0.457 e. The summed E-state index contributed by atoms with van der Waals surface area (Å²) in [4.78, 5) is 17.6. The van der Waals surface area contributed by atoms with Gasteiger partial charge in [0.1, 0.15) is 29.0 Å². The van der Waals surface area contributed by atoms with E-state index in [1.807, 2.05) is 12.1 Å². The fourth-order valence-corrected chi connectivity index (χ4v) is 4.26. The van der Waals surface area contributed by atoms with Crippen molar-refractivity contribution in [2.24, 2.45) is 0 Å². The van der Waals surface area contributed by atoms with Crippen molar-refractivity contribution in [2.45, 2.75) is 6.42 Å². The standard InChI is InChI=1S/C24H14Cl2FN3O2S/c25-17-4-1-15(21(26)11-17)10-20-13-29-24(33-20)30-23(31)16(12-28)9-19-7-8-22(32-19)14-2-5-18(27)6-3-14/h1-9,11,13H,10H2,(H,29,30,31)/b16-9-. The Labute approximate surface area is 202 Å². The first-order chi connectivity index (χ1) is 15.9. The number of carbonyl (C=O) groups excluding carboxylic acids is 1. The van der Waals surface area contributed by atoms with Gasteiger partial charge in [0.05, 0.1) is 0 Å². The Bertz CT molecular complexity index is 1390. The van der Waals surface area contributed by atoms with Crippen LogP contribution in [0.5, 0.6) is 0 Å². The predicted octanol–water partition coefficient (Wildman–Crippen LogP) is 6.99. The lowest BCUT2D eigenvalue weighted by molar-refractivity contribution is -0.112. The molecule has 1 amide bonds. The van der Waals surface area contributed by atoms with Crippen LogP contribution in [0.2, 0.25) is 10.0 Å². The number of benzene rings is 2. The summed E-state index contributed by atoms with van der Waals surface area (Å²) in [5.74, 6) is -0.152. The molecule has 0 fully saturated rings. The zero-order chi connectivity index (χ0) is 23.4. The average Bonchev–Trinajstić information content (AvgIpc) is 3.44. The number of nitrogens with zero attached hydrogens (tertiary/aromatic N) is 2. The van der Waals surface area contributed by atoms with Crippen molar-refractivity contribution >= 4 is 51.7 Å². The Hall–Kier alpha value is -3.44. The van der Waals surface area contributed by atoms with Gasteiger partial charge in [-0.3, -0.25) is 10.1 Å². The summed E-state index contributed by atoms with van der Waals surface area (Å²) >= 11 is 13.4. The highest BCUT2D eigenvalue weighted by atomic mass is 35.5. The van der Waals surface area contributed by atoms with Gasteiger partial charge in [0.15, 0.2) is 5.13 Å². The first-order valence-electron chi connectivity index (χ1n) is 9.59. The molecule has 0 saturated carbocycles. The smallest absolute Gasteiger partial charge is 0.268 e. The molecule has 5 nitrogen and oxygen atoms in total. The molecule has 0 aliphatic heterocycles. The minimum Gasteiger partial charge on any atom is -0.457 e. The molecule has 0 aliphatic carbocycles. The summed E-state index contributed by atoms with van der Waals surface area (Å²) in [5.41, 5.74) is 1.41. The Morgan fingerprint density at radius 1 is 1.18 bits per heavy atom. The van der Waals surface area contributed by atoms with Gasteiger partial charge in [-0.15, -0.1) is 11.3 Å². The highest BCUT2D eigenvalue weighted by molar-refractivity contribution is 7.15. The Morgan fingerprint density at radius 3 is 2.70 bits per heavy atom. The first-order valence-corrected chi connectivity index (χ1v) is 11.2. The van der Waals surface area contributed by atoms with Crippen molar-refractivity contribution < 1.29 is 13.6 Å². The van der Waals surface area contributed by atoms with E-state index < -0.39 is 5.91 Å². The molecule has 0 unspecified atom stereocenters. The topological polar surface area (TPSA) is 78.9 Å². The molecule has 2 heterocycles. The van der Waals surface area contributed by atoms with Crippen molar-refractivity contribution in [1.29, 1.82) is 5.26 Å². The van der Waals surface area contributed by atoms with Crippen LogP contribution in [0.25, 0.3) is 17.4 Å². The van der Waals surface area contributed by atoms with Crippen LogP contribution < -0.4 is 5.32 Å². The number of hydrogen-bond donors (Lipinski definition) is 1. The summed E-state index contributed by atoms with van der Waals surface area (Å²) in [6, 6.07) is 16.3. The van der Waals surface area contributed by atoms with E-state index in [4.69, 9.17) is 27.6 Å². The third-order valence-corrected chi connectivity index (χ3v) is 6.06. The van der Waals surface area contributed by atoms with Gasteiger partial charge in [-0.1, -0.05) is 29.3 Å². The Balaban J connectivity index is 1.45. The Kier molecular flexibility index (Phi) is 6.90. The minimum atomic E-state index is -0.609. The summed E-state index contributed by atoms with van der Waals surface area (Å²) in [6.07, 6.45) is 3.51. The minimum absolute atomic E-state index is 0.146. The van der Waals surface area contributed by atoms with Crippen LogP contribution in [0.1, 0.15) is 16.2 Å². The number of nitriles is 1. The molecule has 0 bridgehead atoms. The van der Waals surface area contributed by atoms with Crippen LogP contribution in [0, 0.1) is 17.1 Å². The van der Waals surface area contributed by atoms with Crippen molar-refractivity contribution in [1.82, 2.24) is 4.98 Å². The average molecular weight is 498 g/mol. The van der Waals surface area contributed by atoms with Gasteiger partial charge in [0, 0.05) is 39.2 Å². The number of hydrogen-bond acceptors (Lipinski definition) is 5. The molecule has 0 aliphatic rings. The third kappa shape index (κ3) is 5.68. The van der Waals surface area contributed by atoms with Crippen LogP contribution in [0.3, 0.4) is 0 Å². The molecular weight excluding hydrogens is 484 g/mol. The van der Waals surface area contributed by atoms with Crippen LogP contribution >= 0.6 is 34.5 Å². The monoisotopic (exact) mass is 497 g/mol. The van der Waals surface area contributed by atoms with Gasteiger partial charge in [0.25, 0.3) is 5.91 Å². The molecule has 0 radical (unpaired) electrons. The summed E-state index contributed by atoms with van der Waals surface area (Å²) < 4.78 is 18.8. The lowest BCUT2D eigenvalue weighted by atomic mass is 10.1. The molecule has 4 rings (SSSR count). The number of carbonyl (C=O) groups is 1. The maximum Gasteiger partial charge on any atom is 0.268 e. The second-order valence-corrected chi connectivity index (χ2v) is 8.84. The lowest BCUT2D eigenvalue weighted by Crippen LogP contribution is -2.13. The second-order valence-electron chi connectivity index (χ2n) is 6.88.